The van der Waals surface area contributed by atoms with E-state index in [2.05, 4.69) is 42.0 Å². The number of aromatic nitrogens is 2. The summed E-state index contributed by atoms with van der Waals surface area (Å²) in [5, 5.41) is 0. The Hall–Kier alpha value is -1.77. The standard InChI is InChI=1S/C12H15N3/c1-7-4-5-10(6-8(7)2)11-9(3)14-12(13)15-11/h4-6H,1-3H3,(H3,13,14,15). The van der Waals surface area contributed by atoms with Gasteiger partial charge in [0.15, 0.2) is 5.95 Å². The van der Waals surface area contributed by atoms with Gasteiger partial charge in [-0.25, -0.2) is 4.98 Å². The van der Waals surface area contributed by atoms with Crippen LogP contribution in [-0.2, 0) is 0 Å². The van der Waals surface area contributed by atoms with Crippen molar-refractivity contribution in [1.82, 2.24) is 9.97 Å². The highest BCUT2D eigenvalue weighted by molar-refractivity contribution is 5.64. The number of imidazole rings is 1. The number of aromatic amines is 1. The number of aryl methyl sites for hydroxylation is 3. The first kappa shape index (κ1) is 9.77. The molecule has 1 heterocycles. The Morgan fingerprint density at radius 1 is 1.13 bits per heavy atom. The van der Waals surface area contributed by atoms with Crippen LogP contribution in [0.15, 0.2) is 18.2 Å². The zero-order chi connectivity index (χ0) is 11.0. The highest BCUT2D eigenvalue weighted by Gasteiger charge is 2.07. The number of hydrogen-bond donors (Lipinski definition) is 2. The van der Waals surface area contributed by atoms with E-state index in [1.54, 1.807) is 0 Å². The van der Waals surface area contributed by atoms with E-state index in [4.69, 9.17) is 5.73 Å². The van der Waals surface area contributed by atoms with Gasteiger partial charge in [-0.3, -0.25) is 0 Å². The molecule has 78 valence electrons. The molecule has 2 rings (SSSR count). The number of rotatable bonds is 1. The predicted molar refractivity (Wildman–Crippen MR) is 62.6 cm³/mol. The fourth-order valence-electron chi connectivity index (χ4n) is 1.65. The summed E-state index contributed by atoms with van der Waals surface area (Å²) < 4.78 is 0. The van der Waals surface area contributed by atoms with Crippen LogP contribution in [0.5, 0.6) is 0 Å². The maximum Gasteiger partial charge on any atom is 0.198 e. The molecule has 0 aliphatic heterocycles. The van der Waals surface area contributed by atoms with Crippen molar-refractivity contribution in [2.45, 2.75) is 20.8 Å². The van der Waals surface area contributed by atoms with E-state index < -0.39 is 0 Å². The molecule has 0 fully saturated rings. The minimum Gasteiger partial charge on any atom is -0.369 e. The van der Waals surface area contributed by atoms with Crippen LogP contribution in [-0.4, -0.2) is 9.97 Å². The minimum atomic E-state index is 0.473. The molecule has 3 N–H and O–H groups in total. The van der Waals surface area contributed by atoms with Crippen molar-refractivity contribution in [2.24, 2.45) is 0 Å². The number of benzene rings is 1. The lowest BCUT2D eigenvalue weighted by molar-refractivity contribution is 1.26. The molecule has 0 saturated heterocycles. The van der Waals surface area contributed by atoms with Gasteiger partial charge in [0.05, 0.1) is 5.69 Å². The molecule has 0 aliphatic carbocycles. The van der Waals surface area contributed by atoms with E-state index in [1.165, 1.54) is 11.1 Å². The maximum absolute atomic E-state index is 5.62. The summed E-state index contributed by atoms with van der Waals surface area (Å²) in [7, 11) is 0. The third kappa shape index (κ3) is 1.73. The second-order valence-corrected chi connectivity index (χ2v) is 3.89. The lowest BCUT2D eigenvalue weighted by Gasteiger charge is -2.03. The van der Waals surface area contributed by atoms with E-state index in [0.717, 1.165) is 17.0 Å². The molecule has 2 aromatic rings. The van der Waals surface area contributed by atoms with Gasteiger partial charge in [0, 0.05) is 11.3 Å². The highest BCUT2D eigenvalue weighted by Crippen LogP contribution is 2.23. The number of nitrogen functional groups attached to an aromatic ring is 1. The Labute approximate surface area is 89.4 Å². The fourth-order valence-corrected chi connectivity index (χ4v) is 1.65. The van der Waals surface area contributed by atoms with Crippen LogP contribution in [0, 0.1) is 20.8 Å². The number of hydrogen-bond acceptors (Lipinski definition) is 2. The van der Waals surface area contributed by atoms with Crippen molar-refractivity contribution < 1.29 is 0 Å². The zero-order valence-corrected chi connectivity index (χ0v) is 9.26. The summed E-state index contributed by atoms with van der Waals surface area (Å²) in [6.45, 7) is 6.18. The van der Waals surface area contributed by atoms with Crippen LogP contribution in [0.4, 0.5) is 5.95 Å². The van der Waals surface area contributed by atoms with Crippen LogP contribution in [0.1, 0.15) is 16.8 Å². The summed E-state index contributed by atoms with van der Waals surface area (Å²) >= 11 is 0. The smallest absolute Gasteiger partial charge is 0.198 e. The Morgan fingerprint density at radius 2 is 1.87 bits per heavy atom. The van der Waals surface area contributed by atoms with Crippen molar-refractivity contribution in [3.8, 4) is 11.3 Å². The zero-order valence-electron chi connectivity index (χ0n) is 9.26. The van der Waals surface area contributed by atoms with Crippen LogP contribution in [0.2, 0.25) is 0 Å². The average molecular weight is 201 g/mol. The lowest BCUT2D eigenvalue weighted by atomic mass is 10.0. The molecule has 3 heteroatoms. The van der Waals surface area contributed by atoms with Gasteiger partial charge in [-0.2, -0.15) is 0 Å². The monoisotopic (exact) mass is 201 g/mol. The molecule has 15 heavy (non-hydrogen) atoms. The molecule has 0 aliphatic rings. The maximum atomic E-state index is 5.62. The number of H-pyrrole nitrogens is 1. The van der Waals surface area contributed by atoms with E-state index in [9.17, 15) is 0 Å². The van der Waals surface area contributed by atoms with Gasteiger partial charge in [-0.1, -0.05) is 12.1 Å². The number of nitrogens with zero attached hydrogens (tertiary/aromatic N) is 1. The normalized spacial score (nSPS) is 10.6. The second-order valence-electron chi connectivity index (χ2n) is 3.89. The molecule has 1 aromatic carbocycles. The van der Waals surface area contributed by atoms with E-state index in [0.29, 0.717) is 5.95 Å². The topological polar surface area (TPSA) is 54.7 Å². The van der Waals surface area contributed by atoms with Gasteiger partial charge in [0.2, 0.25) is 0 Å². The fraction of sp³-hybridized carbons (Fsp3) is 0.250. The molecule has 0 unspecified atom stereocenters. The van der Waals surface area contributed by atoms with Crippen LogP contribution < -0.4 is 5.73 Å². The number of nitrogens with two attached hydrogens (primary N) is 1. The first-order chi connectivity index (χ1) is 7.08. The number of nitrogens with one attached hydrogen (secondary N) is 1. The van der Waals surface area contributed by atoms with E-state index in [-0.39, 0.29) is 0 Å². The van der Waals surface area contributed by atoms with Crippen molar-refractivity contribution in [1.29, 1.82) is 0 Å². The molecule has 0 radical (unpaired) electrons. The van der Waals surface area contributed by atoms with Gasteiger partial charge in [0.25, 0.3) is 0 Å². The molecular formula is C12H15N3. The quantitative estimate of drug-likeness (QED) is 0.745. The summed E-state index contributed by atoms with van der Waals surface area (Å²) in [6, 6.07) is 6.32. The molecular weight excluding hydrogens is 186 g/mol. The Morgan fingerprint density at radius 3 is 2.40 bits per heavy atom. The SMILES string of the molecule is Cc1ccc(-c2nc(N)[nH]c2C)cc1C. The molecule has 0 amide bonds. The summed E-state index contributed by atoms with van der Waals surface area (Å²) in [5.74, 6) is 0.473. The number of anilines is 1. The highest BCUT2D eigenvalue weighted by atomic mass is 15.0. The van der Waals surface area contributed by atoms with Gasteiger partial charge in [-0.05, 0) is 38.0 Å². The third-order valence-corrected chi connectivity index (χ3v) is 2.68. The predicted octanol–water partition coefficient (Wildman–Crippen LogP) is 2.58. The summed E-state index contributed by atoms with van der Waals surface area (Å²) in [5.41, 5.74) is 11.2. The Kier molecular flexibility index (Phi) is 2.23. The third-order valence-electron chi connectivity index (χ3n) is 2.68. The van der Waals surface area contributed by atoms with E-state index in [1.807, 2.05) is 6.92 Å². The Bertz CT molecular complexity index is 498. The first-order valence-corrected chi connectivity index (χ1v) is 4.97. The molecule has 1 aromatic heterocycles. The molecule has 3 nitrogen and oxygen atoms in total. The van der Waals surface area contributed by atoms with Crippen LogP contribution >= 0.6 is 0 Å². The van der Waals surface area contributed by atoms with Crippen molar-refractivity contribution in [3.63, 3.8) is 0 Å². The molecule has 0 spiro atoms. The van der Waals surface area contributed by atoms with Gasteiger partial charge in [0.1, 0.15) is 0 Å². The largest absolute Gasteiger partial charge is 0.369 e. The van der Waals surface area contributed by atoms with Crippen LogP contribution in [0.3, 0.4) is 0 Å². The summed E-state index contributed by atoms with van der Waals surface area (Å²) in [4.78, 5) is 7.28. The van der Waals surface area contributed by atoms with Crippen LogP contribution in [0.25, 0.3) is 11.3 Å². The van der Waals surface area contributed by atoms with Gasteiger partial charge >= 0.3 is 0 Å². The van der Waals surface area contributed by atoms with Crippen molar-refractivity contribution in [3.05, 3.63) is 35.0 Å². The van der Waals surface area contributed by atoms with E-state index >= 15 is 0 Å². The Balaban J connectivity index is 2.54. The molecule has 0 saturated carbocycles. The van der Waals surface area contributed by atoms with Gasteiger partial charge < -0.3 is 10.7 Å². The minimum absolute atomic E-state index is 0.473. The molecule has 0 bridgehead atoms. The molecule has 0 atom stereocenters. The lowest BCUT2D eigenvalue weighted by Crippen LogP contribution is -1.86. The average Bonchev–Trinajstić information content (AvgIpc) is 2.50. The second kappa shape index (κ2) is 3.42. The van der Waals surface area contributed by atoms with Gasteiger partial charge in [-0.15, -0.1) is 0 Å². The summed E-state index contributed by atoms with van der Waals surface area (Å²) in [6.07, 6.45) is 0. The van der Waals surface area contributed by atoms with Crippen molar-refractivity contribution >= 4 is 5.95 Å². The first-order valence-electron chi connectivity index (χ1n) is 4.97. The van der Waals surface area contributed by atoms with Crippen molar-refractivity contribution in [2.75, 3.05) is 5.73 Å².